The van der Waals surface area contributed by atoms with Crippen LogP contribution in [0.25, 0.3) is 0 Å². The van der Waals surface area contributed by atoms with Crippen LogP contribution in [0.2, 0.25) is 0 Å². The smallest absolute Gasteiger partial charge is 0.228 e. The van der Waals surface area contributed by atoms with E-state index in [4.69, 9.17) is 9.47 Å². The highest BCUT2D eigenvalue weighted by molar-refractivity contribution is 6.00. The van der Waals surface area contributed by atoms with Crippen LogP contribution in [0, 0.1) is 11.7 Å². The van der Waals surface area contributed by atoms with Gasteiger partial charge in [-0.3, -0.25) is 9.59 Å². The van der Waals surface area contributed by atoms with Gasteiger partial charge in [-0.25, -0.2) is 4.39 Å². The van der Waals surface area contributed by atoms with Gasteiger partial charge in [-0.1, -0.05) is 18.2 Å². The minimum atomic E-state index is -0.463. The number of ether oxygens (including phenoxy) is 2. The van der Waals surface area contributed by atoms with Gasteiger partial charge in [-0.15, -0.1) is 0 Å². The van der Waals surface area contributed by atoms with Crippen molar-refractivity contribution in [2.75, 3.05) is 31.2 Å². The summed E-state index contributed by atoms with van der Waals surface area (Å²) in [4.78, 5) is 29.1. The Morgan fingerprint density at radius 1 is 1.07 bits per heavy atom. The molecule has 2 saturated heterocycles. The Hall–Kier alpha value is -3.09. The molecule has 0 aromatic heterocycles. The Kier molecular flexibility index (Phi) is 4.81. The molecule has 2 aromatic rings. The highest BCUT2D eigenvalue weighted by Crippen LogP contribution is 2.39. The number of likely N-dealkylation sites (tertiary alicyclic amines) is 1. The van der Waals surface area contributed by atoms with E-state index < -0.39 is 11.7 Å². The zero-order valence-electron chi connectivity index (χ0n) is 16.6. The molecule has 2 atom stereocenters. The third kappa shape index (κ3) is 3.28. The van der Waals surface area contributed by atoms with Crippen molar-refractivity contribution in [1.82, 2.24) is 4.90 Å². The Morgan fingerprint density at radius 3 is 2.70 bits per heavy atom. The van der Waals surface area contributed by atoms with Crippen LogP contribution in [0.1, 0.15) is 30.9 Å². The summed E-state index contributed by atoms with van der Waals surface area (Å²) in [6.07, 6.45) is 1.88. The largest absolute Gasteiger partial charge is 0.486 e. The highest BCUT2D eigenvalue weighted by Gasteiger charge is 2.41. The summed E-state index contributed by atoms with van der Waals surface area (Å²) in [6.45, 7) is 1.92. The summed E-state index contributed by atoms with van der Waals surface area (Å²) in [5.74, 6) is 0.264. The number of anilines is 1. The summed E-state index contributed by atoms with van der Waals surface area (Å²) >= 11 is 0. The molecule has 0 N–H and O–H groups in total. The first kappa shape index (κ1) is 18.9. The molecule has 7 heteroatoms. The van der Waals surface area contributed by atoms with Gasteiger partial charge in [-0.05, 0) is 42.7 Å². The topological polar surface area (TPSA) is 59.1 Å². The predicted octanol–water partition coefficient (Wildman–Crippen LogP) is 3.31. The molecule has 0 aliphatic carbocycles. The Labute approximate surface area is 174 Å². The maximum atomic E-state index is 14.2. The third-order valence-electron chi connectivity index (χ3n) is 6.10. The second kappa shape index (κ2) is 7.63. The van der Waals surface area contributed by atoms with Crippen LogP contribution in [0.5, 0.6) is 11.5 Å². The van der Waals surface area contributed by atoms with Crippen LogP contribution in [0.3, 0.4) is 0 Å². The van der Waals surface area contributed by atoms with E-state index in [0.717, 1.165) is 24.2 Å². The first-order chi connectivity index (χ1) is 14.6. The normalized spacial score (nSPS) is 23.2. The van der Waals surface area contributed by atoms with Crippen LogP contribution >= 0.6 is 0 Å². The maximum absolute atomic E-state index is 14.2. The first-order valence-corrected chi connectivity index (χ1v) is 10.4. The number of nitrogens with zero attached hydrogens (tertiary/aromatic N) is 2. The fourth-order valence-electron chi connectivity index (χ4n) is 4.66. The number of benzene rings is 2. The molecule has 3 aliphatic rings. The van der Waals surface area contributed by atoms with Crippen LogP contribution in [0.15, 0.2) is 42.5 Å². The molecule has 5 rings (SSSR count). The van der Waals surface area contributed by atoms with Crippen molar-refractivity contribution in [2.24, 2.45) is 5.92 Å². The van der Waals surface area contributed by atoms with Gasteiger partial charge in [0.2, 0.25) is 11.8 Å². The van der Waals surface area contributed by atoms with Crippen LogP contribution in [-0.4, -0.2) is 43.0 Å². The molecule has 2 fully saturated rings. The van der Waals surface area contributed by atoms with Crippen molar-refractivity contribution < 1.29 is 23.5 Å². The first-order valence-electron chi connectivity index (χ1n) is 10.4. The van der Waals surface area contributed by atoms with Gasteiger partial charge in [0, 0.05) is 19.5 Å². The highest BCUT2D eigenvalue weighted by atomic mass is 19.1. The number of hydrogen-bond donors (Lipinski definition) is 0. The minimum absolute atomic E-state index is 0.0421. The molecule has 6 nitrogen and oxygen atoms in total. The standard InChI is InChI=1S/C23H23FN2O4/c24-17-4-1-2-5-19(17)26-14-16(13-22(26)27)23(28)25-9-3-6-18(25)15-7-8-20-21(12-15)30-11-10-29-20/h1-2,4-5,7-8,12,16,18H,3,6,9-11,13-14H2/t16-,18-/m0/s1. The number of hydrogen-bond acceptors (Lipinski definition) is 4. The number of para-hydroxylation sites is 1. The van der Waals surface area contributed by atoms with Gasteiger partial charge >= 0.3 is 0 Å². The van der Waals surface area contributed by atoms with Crippen molar-refractivity contribution in [3.8, 4) is 11.5 Å². The Bertz CT molecular complexity index is 995. The molecule has 156 valence electrons. The van der Waals surface area contributed by atoms with E-state index in [1.807, 2.05) is 23.1 Å². The summed E-state index contributed by atoms with van der Waals surface area (Å²) in [5.41, 5.74) is 1.25. The van der Waals surface area contributed by atoms with Crippen molar-refractivity contribution in [3.05, 3.63) is 53.8 Å². The second-order valence-corrected chi connectivity index (χ2v) is 7.95. The lowest BCUT2D eigenvalue weighted by Gasteiger charge is -2.28. The van der Waals surface area contributed by atoms with Gasteiger partial charge in [-0.2, -0.15) is 0 Å². The van der Waals surface area contributed by atoms with E-state index in [1.54, 1.807) is 18.2 Å². The maximum Gasteiger partial charge on any atom is 0.228 e. The van der Waals surface area contributed by atoms with E-state index >= 15 is 0 Å². The van der Waals surface area contributed by atoms with Crippen molar-refractivity contribution >= 4 is 17.5 Å². The molecule has 0 spiro atoms. The predicted molar refractivity (Wildman–Crippen MR) is 108 cm³/mol. The van der Waals surface area contributed by atoms with Gasteiger partial charge in [0.25, 0.3) is 0 Å². The number of rotatable bonds is 3. The SMILES string of the molecule is O=C1C[C@H](C(=O)N2CCC[C@H]2c2ccc3c(c2)OCCO3)CN1c1ccccc1F. The average molecular weight is 410 g/mol. The fourth-order valence-corrected chi connectivity index (χ4v) is 4.66. The van der Waals surface area contributed by atoms with Crippen molar-refractivity contribution in [2.45, 2.75) is 25.3 Å². The van der Waals surface area contributed by atoms with Gasteiger partial charge in [0.05, 0.1) is 17.6 Å². The molecular weight excluding hydrogens is 387 g/mol. The number of carbonyl (C=O) groups excluding carboxylic acids is 2. The lowest BCUT2D eigenvalue weighted by Crippen LogP contribution is -2.37. The van der Waals surface area contributed by atoms with Crippen LogP contribution in [0.4, 0.5) is 10.1 Å². The zero-order chi connectivity index (χ0) is 20.7. The molecule has 3 aliphatic heterocycles. The summed E-state index contributed by atoms with van der Waals surface area (Å²) in [7, 11) is 0. The molecule has 2 aromatic carbocycles. The van der Waals surface area contributed by atoms with Crippen molar-refractivity contribution in [3.63, 3.8) is 0 Å². The Morgan fingerprint density at radius 2 is 1.87 bits per heavy atom. The summed E-state index contributed by atoms with van der Waals surface area (Å²) in [6, 6.07) is 12.0. The monoisotopic (exact) mass is 410 g/mol. The zero-order valence-corrected chi connectivity index (χ0v) is 16.6. The molecule has 2 amide bonds. The molecule has 0 unspecified atom stereocenters. The Balaban J connectivity index is 1.34. The number of halogens is 1. The van der Waals surface area contributed by atoms with E-state index in [2.05, 4.69) is 0 Å². The lowest BCUT2D eigenvalue weighted by molar-refractivity contribution is -0.136. The number of fused-ring (bicyclic) bond motifs is 1. The number of amides is 2. The molecule has 0 saturated carbocycles. The van der Waals surface area contributed by atoms with Crippen LogP contribution < -0.4 is 14.4 Å². The van der Waals surface area contributed by atoms with E-state index in [1.165, 1.54) is 11.0 Å². The van der Waals surface area contributed by atoms with E-state index in [0.29, 0.717) is 25.5 Å². The molecule has 30 heavy (non-hydrogen) atoms. The van der Waals surface area contributed by atoms with Crippen LogP contribution in [-0.2, 0) is 9.59 Å². The summed E-state index contributed by atoms with van der Waals surface area (Å²) < 4.78 is 25.4. The summed E-state index contributed by atoms with van der Waals surface area (Å²) in [5, 5.41) is 0. The third-order valence-corrected chi connectivity index (χ3v) is 6.10. The van der Waals surface area contributed by atoms with Gasteiger partial charge in [0.15, 0.2) is 11.5 Å². The minimum Gasteiger partial charge on any atom is -0.486 e. The van der Waals surface area contributed by atoms with Gasteiger partial charge < -0.3 is 19.3 Å². The molecule has 0 radical (unpaired) electrons. The molecule has 0 bridgehead atoms. The quantitative estimate of drug-likeness (QED) is 0.779. The number of carbonyl (C=O) groups is 2. The van der Waals surface area contributed by atoms with Crippen molar-refractivity contribution in [1.29, 1.82) is 0 Å². The lowest BCUT2D eigenvalue weighted by atomic mass is 10.0. The van der Waals surface area contributed by atoms with E-state index in [9.17, 15) is 14.0 Å². The molecule has 3 heterocycles. The second-order valence-electron chi connectivity index (χ2n) is 7.95. The average Bonchev–Trinajstić information content (AvgIpc) is 3.40. The fraction of sp³-hybridized carbons (Fsp3) is 0.391. The van der Waals surface area contributed by atoms with Gasteiger partial charge in [0.1, 0.15) is 19.0 Å². The van der Waals surface area contributed by atoms with E-state index in [-0.39, 0.29) is 36.5 Å². The molecular formula is C23H23FN2O4.